The van der Waals surface area contributed by atoms with Crippen molar-refractivity contribution in [1.82, 2.24) is 20.3 Å². The van der Waals surface area contributed by atoms with Gasteiger partial charge < -0.3 is 10.4 Å². The molecule has 0 spiro atoms. The number of hydrogen-bond donors (Lipinski definition) is 2. The number of carbonyl (C=O) groups excluding carboxylic acids is 1. The average molecular weight is 322 g/mol. The molecule has 1 amide bonds. The Kier molecular flexibility index (Phi) is 4.67. The number of aromatic nitrogens is 3. The molecule has 1 aromatic heterocycles. The number of benzene rings is 2. The van der Waals surface area contributed by atoms with E-state index >= 15 is 0 Å². The predicted molar refractivity (Wildman–Crippen MR) is 89.8 cm³/mol. The van der Waals surface area contributed by atoms with Gasteiger partial charge in [-0.05, 0) is 30.2 Å². The molecular formula is C18H18N4O2. The predicted octanol–water partition coefficient (Wildman–Crippen LogP) is 2.04. The highest BCUT2D eigenvalue weighted by molar-refractivity contribution is 5.91. The molecule has 1 atom stereocenters. The fourth-order valence-corrected chi connectivity index (χ4v) is 2.40. The summed E-state index contributed by atoms with van der Waals surface area (Å²) in [6, 6.07) is 16.9. The van der Waals surface area contributed by atoms with Gasteiger partial charge in [-0.1, -0.05) is 42.5 Å². The van der Waals surface area contributed by atoms with Gasteiger partial charge in [0.2, 0.25) is 0 Å². The van der Waals surface area contributed by atoms with Gasteiger partial charge in [0.15, 0.2) is 5.69 Å². The van der Waals surface area contributed by atoms with Gasteiger partial charge in [-0.2, -0.15) is 9.90 Å². The van der Waals surface area contributed by atoms with Gasteiger partial charge in [-0.25, -0.2) is 0 Å². The van der Waals surface area contributed by atoms with Crippen molar-refractivity contribution in [3.8, 4) is 5.69 Å². The van der Waals surface area contributed by atoms with E-state index in [9.17, 15) is 9.90 Å². The van der Waals surface area contributed by atoms with Crippen molar-refractivity contribution in [2.24, 2.45) is 0 Å². The number of amides is 1. The third kappa shape index (κ3) is 3.49. The molecule has 2 aromatic carbocycles. The first-order valence-corrected chi connectivity index (χ1v) is 7.64. The van der Waals surface area contributed by atoms with Crippen molar-refractivity contribution in [3.63, 3.8) is 0 Å². The summed E-state index contributed by atoms with van der Waals surface area (Å²) < 4.78 is 0. The van der Waals surface area contributed by atoms with Gasteiger partial charge in [-0.15, -0.1) is 5.10 Å². The molecule has 6 heteroatoms. The zero-order valence-corrected chi connectivity index (χ0v) is 13.3. The lowest BCUT2D eigenvalue weighted by Gasteiger charge is -2.13. The van der Waals surface area contributed by atoms with Crippen LogP contribution in [0, 0.1) is 6.92 Å². The lowest BCUT2D eigenvalue weighted by molar-refractivity contribution is 0.0910. The lowest BCUT2D eigenvalue weighted by Crippen LogP contribution is -2.29. The van der Waals surface area contributed by atoms with E-state index in [1.54, 1.807) is 0 Å². The average Bonchev–Trinajstić information content (AvgIpc) is 3.11. The van der Waals surface area contributed by atoms with Crippen LogP contribution in [0.4, 0.5) is 0 Å². The smallest absolute Gasteiger partial charge is 0.273 e. The third-order valence-corrected chi connectivity index (χ3v) is 3.72. The Morgan fingerprint density at radius 1 is 1.17 bits per heavy atom. The quantitative estimate of drug-likeness (QED) is 0.753. The van der Waals surface area contributed by atoms with Gasteiger partial charge in [-0.3, -0.25) is 4.79 Å². The Hall–Kier alpha value is -2.99. The Bertz CT molecular complexity index is 830. The Morgan fingerprint density at radius 2 is 1.88 bits per heavy atom. The first-order chi connectivity index (χ1) is 11.6. The molecule has 0 saturated carbocycles. The number of para-hydroxylation sites is 1. The van der Waals surface area contributed by atoms with Crippen LogP contribution in [0.2, 0.25) is 0 Å². The van der Waals surface area contributed by atoms with Gasteiger partial charge in [0, 0.05) is 6.54 Å². The number of aliphatic hydroxyl groups is 1. The van der Waals surface area contributed by atoms with Crippen molar-refractivity contribution >= 4 is 5.91 Å². The summed E-state index contributed by atoms with van der Waals surface area (Å²) in [5, 5.41) is 21.2. The first kappa shape index (κ1) is 15.9. The van der Waals surface area contributed by atoms with Crippen molar-refractivity contribution in [2.45, 2.75) is 13.0 Å². The minimum Gasteiger partial charge on any atom is -0.387 e. The SMILES string of the molecule is Cc1ccccc1C(O)CNC(=O)c1cnn(-c2ccccc2)n1. The van der Waals surface area contributed by atoms with Gasteiger partial charge in [0.1, 0.15) is 0 Å². The van der Waals surface area contributed by atoms with E-state index in [1.165, 1.54) is 11.0 Å². The highest BCUT2D eigenvalue weighted by Gasteiger charge is 2.15. The Balaban J connectivity index is 1.64. The maximum absolute atomic E-state index is 12.2. The highest BCUT2D eigenvalue weighted by Crippen LogP contribution is 2.16. The fourth-order valence-electron chi connectivity index (χ4n) is 2.40. The van der Waals surface area contributed by atoms with Crippen LogP contribution in [0.5, 0.6) is 0 Å². The molecule has 6 nitrogen and oxygen atoms in total. The molecule has 3 rings (SSSR count). The maximum atomic E-state index is 12.2. The second-order valence-electron chi connectivity index (χ2n) is 5.44. The zero-order chi connectivity index (χ0) is 16.9. The lowest BCUT2D eigenvalue weighted by atomic mass is 10.0. The minimum atomic E-state index is -0.765. The molecule has 0 radical (unpaired) electrons. The number of nitrogens with one attached hydrogen (secondary N) is 1. The number of aliphatic hydroxyl groups excluding tert-OH is 1. The number of nitrogens with zero attached hydrogens (tertiary/aromatic N) is 3. The molecule has 2 N–H and O–H groups in total. The zero-order valence-electron chi connectivity index (χ0n) is 13.3. The molecule has 1 heterocycles. The normalized spacial score (nSPS) is 11.9. The molecule has 0 saturated heterocycles. The Morgan fingerprint density at radius 3 is 2.62 bits per heavy atom. The molecule has 0 aliphatic carbocycles. The largest absolute Gasteiger partial charge is 0.387 e. The summed E-state index contributed by atoms with van der Waals surface area (Å²) in [5.74, 6) is -0.371. The van der Waals surface area contributed by atoms with Crippen molar-refractivity contribution in [1.29, 1.82) is 0 Å². The fraction of sp³-hybridized carbons (Fsp3) is 0.167. The summed E-state index contributed by atoms with van der Waals surface area (Å²) in [7, 11) is 0. The van der Waals surface area contributed by atoms with Crippen LogP contribution in [-0.2, 0) is 0 Å². The van der Waals surface area contributed by atoms with Gasteiger partial charge in [0.25, 0.3) is 5.91 Å². The van der Waals surface area contributed by atoms with Crippen LogP contribution in [0.1, 0.15) is 27.7 Å². The summed E-state index contributed by atoms with van der Waals surface area (Å²) in [5.41, 5.74) is 2.76. The molecule has 122 valence electrons. The van der Waals surface area contributed by atoms with Gasteiger partial charge in [0.05, 0.1) is 18.0 Å². The minimum absolute atomic E-state index is 0.113. The molecule has 24 heavy (non-hydrogen) atoms. The Labute approximate surface area is 139 Å². The summed E-state index contributed by atoms with van der Waals surface area (Å²) in [6.07, 6.45) is 0.641. The third-order valence-electron chi connectivity index (χ3n) is 3.72. The molecule has 0 bridgehead atoms. The number of carbonyl (C=O) groups is 1. The summed E-state index contributed by atoms with van der Waals surface area (Å²) in [6.45, 7) is 2.04. The molecule has 0 aliphatic heterocycles. The molecule has 3 aromatic rings. The molecule has 1 unspecified atom stereocenters. The van der Waals surface area contributed by atoms with E-state index in [2.05, 4.69) is 15.5 Å². The number of hydrogen-bond acceptors (Lipinski definition) is 4. The van der Waals surface area contributed by atoms with Gasteiger partial charge >= 0.3 is 0 Å². The monoisotopic (exact) mass is 322 g/mol. The van der Waals surface area contributed by atoms with E-state index in [0.717, 1.165) is 16.8 Å². The maximum Gasteiger partial charge on any atom is 0.273 e. The van der Waals surface area contributed by atoms with Crippen LogP contribution >= 0.6 is 0 Å². The van der Waals surface area contributed by atoms with Crippen molar-refractivity contribution in [3.05, 3.63) is 77.6 Å². The van der Waals surface area contributed by atoms with E-state index in [-0.39, 0.29) is 18.1 Å². The number of rotatable bonds is 5. The van der Waals surface area contributed by atoms with E-state index in [1.807, 2.05) is 61.5 Å². The van der Waals surface area contributed by atoms with E-state index in [0.29, 0.717) is 0 Å². The van der Waals surface area contributed by atoms with Crippen molar-refractivity contribution < 1.29 is 9.90 Å². The topological polar surface area (TPSA) is 80.0 Å². The number of aryl methyl sites for hydroxylation is 1. The van der Waals surface area contributed by atoms with E-state index < -0.39 is 6.10 Å². The second-order valence-corrected chi connectivity index (χ2v) is 5.44. The van der Waals surface area contributed by atoms with Crippen LogP contribution in [0.15, 0.2) is 60.8 Å². The van der Waals surface area contributed by atoms with Crippen LogP contribution in [0.25, 0.3) is 5.69 Å². The second kappa shape index (κ2) is 7.06. The molecule has 0 fully saturated rings. The summed E-state index contributed by atoms with van der Waals surface area (Å²) in [4.78, 5) is 13.6. The van der Waals surface area contributed by atoms with Crippen LogP contribution < -0.4 is 5.32 Å². The molecule has 0 aliphatic rings. The van der Waals surface area contributed by atoms with Crippen LogP contribution in [-0.4, -0.2) is 32.6 Å². The van der Waals surface area contributed by atoms with Crippen LogP contribution in [0.3, 0.4) is 0 Å². The standard InChI is InChI=1S/C18H18N4O2/c1-13-7-5-6-10-15(13)17(23)12-19-18(24)16-11-20-22(21-16)14-8-3-2-4-9-14/h2-11,17,23H,12H2,1H3,(H,19,24). The van der Waals surface area contributed by atoms with Crippen molar-refractivity contribution in [2.75, 3.05) is 6.54 Å². The van der Waals surface area contributed by atoms with E-state index in [4.69, 9.17) is 0 Å². The molecular weight excluding hydrogens is 304 g/mol. The first-order valence-electron chi connectivity index (χ1n) is 7.64. The summed E-state index contributed by atoms with van der Waals surface area (Å²) >= 11 is 0. The highest BCUT2D eigenvalue weighted by atomic mass is 16.3.